The molecule has 1 aliphatic heterocycles. The minimum absolute atomic E-state index is 0.0251. The van der Waals surface area contributed by atoms with Crippen LogP contribution in [0.3, 0.4) is 0 Å². The summed E-state index contributed by atoms with van der Waals surface area (Å²) >= 11 is 0.684. The molecule has 34 heavy (non-hydrogen) atoms. The first-order valence-electron chi connectivity index (χ1n) is 9.60. The highest BCUT2D eigenvalue weighted by atomic mass is 32.2. The molecule has 0 unspecified atom stereocenters. The van der Waals surface area contributed by atoms with Gasteiger partial charge in [0.1, 0.15) is 0 Å². The van der Waals surface area contributed by atoms with Crippen LogP contribution in [0.4, 0.5) is 19.3 Å². The molecular formula is C21H17F2N3O7S. The Morgan fingerprint density at radius 2 is 2.00 bits per heavy atom. The highest BCUT2D eigenvalue weighted by molar-refractivity contribution is 8.18. The predicted molar refractivity (Wildman–Crippen MR) is 118 cm³/mol. The maximum atomic E-state index is 12.6. The van der Waals surface area contributed by atoms with E-state index < -0.39 is 28.6 Å². The Bertz CT molecular complexity index is 1170. The summed E-state index contributed by atoms with van der Waals surface area (Å²) < 4.78 is 34.3. The molecule has 1 fully saturated rings. The minimum atomic E-state index is -3.03. The third kappa shape index (κ3) is 5.86. The summed E-state index contributed by atoms with van der Waals surface area (Å²) in [5, 5.41) is 12.8. The molecule has 10 nitrogen and oxygen atoms in total. The number of halogens is 2. The van der Waals surface area contributed by atoms with Crippen molar-refractivity contribution >= 4 is 40.6 Å². The molecule has 2 aromatic carbocycles. The first kappa shape index (κ1) is 24.6. The Morgan fingerprint density at radius 1 is 1.24 bits per heavy atom. The Labute approximate surface area is 195 Å². The number of hydrogen-bond acceptors (Lipinski definition) is 8. The van der Waals surface area contributed by atoms with Crippen LogP contribution in [0.15, 0.2) is 47.4 Å². The lowest BCUT2D eigenvalue weighted by Crippen LogP contribution is -2.37. The third-order valence-corrected chi connectivity index (χ3v) is 5.42. The molecule has 0 radical (unpaired) electrons. The number of carbonyl (C=O) groups is 3. The van der Waals surface area contributed by atoms with Crippen molar-refractivity contribution in [3.05, 3.63) is 68.6 Å². The molecule has 1 heterocycles. The molecule has 13 heteroatoms. The number of nitro benzene ring substituents is 1. The number of methoxy groups -OCH3 is 1. The molecule has 0 atom stereocenters. The largest absolute Gasteiger partial charge is 0.493 e. The van der Waals surface area contributed by atoms with Crippen molar-refractivity contribution in [2.45, 2.75) is 6.61 Å². The number of amides is 3. The van der Waals surface area contributed by atoms with Crippen LogP contribution in [0, 0.1) is 10.1 Å². The molecule has 3 rings (SSSR count). The van der Waals surface area contributed by atoms with Gasteiger partial charge in [-0.05, 0) is 41.6 Å². The molecule has 178 valence electrons. The monoisotopic (exact) mass is 493 g/mol. The van der Waals surface area contributed by atoms with Gasteiger partial charge in [-0.25, -0.2) is 0 Å². The van der Waals surface area contributed by atoms with E-state index in [1.807, 2.05) is 0 Å². The third-order valence-electron chi connectivity index (χ3n) is 4.52. The van der Waals surface area contributed by atoms with Gasteiger partial charge in [0.2, 0.25) is 0 Å². The van der Waals surface area contributed by atoms with Gasteiger partial charge in [0.25, 0.3) is 22.7 Å². The zero-order valence-corrected chi connectivity index (χ0v) is 18.3. The van der Waals surface area contributed by atoms with E-state index in [0.717, 1.165) is 11.0 Å². The molecule has 1 saturated heterocycles. The highest BCUT2D eigenvalue weighted by Gasteiger charge is 2.34. The number of carbonyl (C=O) groups excluding carboxylic acids is 3. The smallest absolute Gasteiger partial charge is 0.387 e. The Morgan fingerprint density at radius 3 is 2.68 bits per heavy atom. The van der Waals surface area contributed by atoms with Gasteiger partial charge in [-0.15, -0.1) is 0 Å². The highest BCUT2D eigenvalue weighted by Crippen LogP contribution is 2.34. The lowest BCUT2D eigenvalue weighted by molar-refractivity contribution is -0.384. The number of non-ortho nitro benzene ring substituents is 1. The fourth-order valence-electron chi connectivity index (χ4n) is 2.96. The molecule has 1 aliphatic rings. The van der Waals surface area contributed by atoms with Gasteiger partial charge >= 0.3 is 6.61 Å². The summed E-state index contributed by atoms with van der Waals surface area (Å²) in [6.07, 6.45) is 1.40. The summed E-state index contributed by atoms with van der Waals surface area (Å²) in [7, 11) is 1.27. The van der Waals surface area contributed by atoms with Gasteiger partial charge in [0.15, 0.2) is 11.5 Å². The molecule has 3 amide bonds. The second-order valence-corrected chi connectivity index (χ2v) is 7.68. The quantitative estimate of drug-likeness (QED) is 0.318. The van der Waals surface area contributed by atoms with Crippen LogP contribution in [0.5, 0.6) is 11.5 Å². The van der Waals surface area contributed by atoms with E-state index in [1.54, 1.807) is 0 Å². The average molecular weight is 493 g/mol. The first-order chi connectivity index (χ1) is 16.2. The van der Waals surface area contributed by atoms with Gasteiger partial charge in [-0.2, -0.15) is 8.78 Å². The van der Waals surface area contributed by atoms with Crippen molar-refractivity contribution in [3.8, 4) is 11.5 Å². The zero-order valence-electron chi connectivity index (χ0n) is 17.5. The maximum absolute atomic E-state index is 12.6. The van der Waals surface area contributed by atoms with Gasteiger partial charge in [0.05, 0.1) is 16.9 Å². The number of ether oxygens (including phenoxy) is 2. The Hall–Kier alpha value is -4.00. The molecule has 2 aromatic rings. The van der Waals surface area contributed by atoms with E-state index in [2.05, 4.69) is 10.1 Å². The number of imide groups is 1. The minimum Gasteiger partial charge on any atom is -0.493 e. The van der Waals surface area contributed by atoms with Crippen LogP contribution < -0.4 is 14.8 Å². The zero-order chi connectivity index (χ0) is 24.8. The van der Waals surface area contributed by atoms with Gasteiger partial charge in [-0.3, -0.25) is 29.4 Å². The Kier molecular flexibility index (Phi) is 7.79. The number of thioether (sulfide) groups is 1. The molecule has 0 bridgehead atoms. The normalized spacial score (nSPS) is 14.6. The summed E-state index contributed by atoms with van der Waals surface area (Å²) in [6, 6.07) is 9.19. The fraction of sp³-hybridized carbons (Fsp3) is 0.190. The predicted octanol–water partition coefficient (Wildman–Crippen LogP) is 3.67. The fourth-order valence-corrected chi connectivity index (χ4v) is 3.82. The van der Waals surface area contributed by atoms with Gasteiger partial charge in [0, 0.05) is 30.8 Å². The Balaban J connectivity index is 1.63. The second kappa shape index (κ2) is 10.7. The first-order valence-corrected chi connectivity index (χ1v) is 10.4. The maximum Gasteiger partial charge on any atom is 0.387 e. The van der Waals surface area contributed by atoms with E-state index in [-0.39, 0.29) is 40.7 Å². The van der Waals surface area contributed by atoms with Crippen LogP contribution in [0.25, 0.3) is 6.08 Å². The van der Waals surface area contributed by atoms with Gasteiger partial charge in [-0.1, -0.05) is 12.1 Å². The van der Waals surface area contributed by atoms with Crippen molar-refractivity contribution in [2.24, 2.45) is 0 Å². The summed E-state index contributed by atoms with van der Waals surface area (Å²) in [6.45, 7) is -3.22. The van der Waals surface area contributed by atoms with Gasteiger partial charge < -0.3 is 14.8 Å². The number of rotatable bonds is 9. The standard InChI is InChI=1S/C21H17F2N3O7S/c1-32-16-9-12(5-6-15(16)33-20(22)23)10-17-19(28)25(21(29)34-17)8-7-24-18(27)13-3-2-4-14(11-13)26(30)31/h2-6,9-11,20H,7-8H2,1H3,(H,24,27)/b17-10-. The van der Waals surface area contributed by atoms with Crippen LogP contribution in [0.1, 0.15) is 15.9 Å². The lowest BCUT2D eigenvalue weighted by atomic mass is 10.2. The molecule has 0 aromatic heterocycles. The van der Waals surface area contributed by atoms with E-state index in [0.29, 0.717) is 17.3 Å². The van der Waals surface area contributed by atoms with Crippen LogP contribution in [-0.2, 0) is 4.79 Å². The average Bonchev–Trinajstić information content (AvgIpc) is 3.06. The van der Waals surface area contributed by atoms with Crippen molar-refractivity contribution < 1.29 is 37.6 Å². The van der Waals surface area contributed by atoms with Crippen LogP contribution in [-0.4, -0.2) is 53.7 Å². The molecule has 0 aliphatic carbocycles. The van der Waals surface area contributed by atoms with Crippen molar-refractivity contribution in [3.63, 3.8) is 0 Å². The SMILES string of the molecule is COc1cc(/C=C2\SC(=O)N(CCNC(=O)c3cccc([N+](=O)[O-])c3)C2=O)ccc1OC(F)F. The van der Waals surface area contributed by atoms with Crippen molar-refractivity contribution in [1.82, 2.24) is 10.2 Å². The van der Waals surface area contributed by atoms with E-state index in [9.17, 15) is 33.3 Å². The molecule has 0 spiro atoms. The molecule has 1 N–H and O–H groups in total. The number of benzene rings is 2. The number of nitro groups is 1. The van der Waals surface area contributed by atoms with Crippen LogP contribution in [0.2, 0.25) is 0 Å². The number of hydrogen-bond donors (Lipinski definition) is 1. The van der Waals surface area contributed by atoms with E-state index >= 15 is 0 Å². The number of nitrogens with one attached hydrogen (secondary N) is 1. The van der Waals surface area contributed by atoms with Crippen LogP contribution >= 0.6 is 11.8 Å². The summed E-state index contributed by atoms with van der Waals surface area (Å²) in [4.78, 5) is 48.3. The number of nitrogens with zero attached hydrogens (tertiary/aromatic N) is 2. The van der Waals surface area contributed by atoms with Crippen molar-refractivity contribution in [1.29, 1.82) is 0 Å². The summed E-state index contributed by atoms with van der Waals surface area (Å²) in [5.41, 5.74) is 0.244. The molecule has 0 saturated carbocycles. The number of alkyl halides is 2. The second-order valence-electron chi connectivity index (χ2n) is 6.69. The topological polar surface area (TPSA) is 128 Å². The summed E-state index contributed by atoms with van der Waals surface area (Å²) in [5.74, 6) is -1.34. The van der Waals surface area contributed by atoms with E-state index in [1.165, 1.54) is 49.6 Å². The van der Waals surface area contributed by atoms with Crippen molar-refractivity contribution in [2.75, 3.05) is 20.2 Å². The van der Waals surface area contributed by atoms with E-state index in [4.69, 9.17) is 4.74 Å². The molecular weight excluding hydrogens is 476 g/mol. The lowest BCUT2D eigenvalue weighted by Gasteiger charge is -2.13.